The molecule has 0 saturated heterocycles. The minimum absolute atomic E-state index is 0.0499. The summed E-state index contributed by atoms with van der Waals surface area (Å²) in [6.45, 7) is 1.81. The van der Waals surface area contributed by atoms with Crippen LogP contribution in [-0.2, 0) is 4.79 Å². The summed E-state index contributed by atoms with van der Waals surface area (Å²) in [6, 6.07) is 2.43. The van der Waals surface area contributed by atoms with E-state index in [1.807, 2.05) is 6.92 Å². The van der Waals surface area contributed by atoms with Gasteiger partial charge >= 0.3 is 0 Å². The van der Waals surface area contributed by atoms with Crippen molar-refractivity contribution in [2.24, 2.45) is 5.92 Å². The monoisotopic (exact) mass is 178 g/mol. The van der Waals surface area contributed by atoms with Crippen LogP contribution in [0.2, 0.25) is 0 Å². The Morgan fingerprint density at radius 3 is 2.92 bits per heavy atom. The van der Waals surface area contributed by atoms with Crippen molar-refractivity contribution in [2.45, 2.75) is 32.2 Å². The maximum atomic E-state index is 11.1. The van der Waals surface area contributed by atoms with Crippen LogP contribution in [0.4, 0.5) is 0 Å². The standard InChI is InChI=1S/C10H14N2O/c1-2-3-10(13)12-9-5-4-8(6-9)7-11/h2-3,8-9H,4-6H2,1H3,(H,12,13)/b3-2+. The van der Waals surface area contributed by atoms with Crippen LogP contribution in [0.25, 0.3) is 0 Å². The molecule has 0 aromatic carbocycles. The van der Waals surface area contributed by atoms with E-state index in [0.717, 1.165) is 19.3 Å². The molecule has 0 aromatic rings. The van der Waals surface area contributed by atoms with Crippen molar-refractivity contribution in [1.82, 2.24) is 5.32 Å². The second kappa shape index (κ2) is 4.66. The lowest BCUT2D eigenvalue weighted by atomic mass is 10.1. The van der Waals surface area contributed by atoms with Gasteiger partial charge in [0, 0.05) is 12.0 Å². The smallest absolute Gasteiger partial charge is 0.243 e. The summed E-state index contributed by atoms with van der Waals surface area (Å²) in [5, 5.41) is 11.5. The van der Waals surface area contributed by atoms with E-state index >= 15 is 0 Å². The molecular weight excluding hydrogens is 164 g/mol. The molecule has 1 aliphatic carbocycles. The van der Waals surface area contributed by atoms with Gasteiger partial charge in [-0.25, -0.2) is 0 Å². The molecule has 1 saturated carbocycles. The summed E-state index contributed by atoms with van der Waals surface area (Å²) in [5.41, 5.74) is 0. The zero-order chi connectivity index (χ0) is 9.68. The second-order valence-electron chi connectivity index (χ2n) is 3.34. The third-order valence-electron chi connectivity index (χ3n) is 2.28. The molecule has 1 N–H and O–H groups in total. The Morgan fingerprint density at radius 2 is 2.38 bits per heavy atom. The van der Waals surface area contributed by atoms with Gasteiger partial charge in [0.25, 0.3) is 0 Å². The molecule has 0 radical (unpaired) electrons. The van der Waals surface area contributed by atoms with E-state index in [9.17, 15) is 4.79 Å². The quantitative estimate of drug-likeness (QED) is 0.649. The number of carbonyl (C=O) groups excluding carboxylic acids is 1. The van der Waals surface area contributed by atoms with E-state index in [-0.39, 0.29) is 17.9 Å². The SMILES string of the molecule is C/C=C/C(=O)NC1CCC(C#N)C1. The van der Waals surface area contributed by atoms with Crippen molar-refractivity contribution in [3.05, 3.63) is 12.2 Å². The molecule has 13 heavy (non-hydrogen) atoms. The van der Waals surface area contributed by atoms with Crippen molar-refractivity contribution in [3.63, 3.8) is 0 Å². The van der Waals surface area contributed by atoms with Crippen molar-refractivity contribution >= 4 is 5.91 Å². The molecule has 70 valence electrons. The number of amides is 1. The second-order valence-corrected chi connectivity index (χ2v) is 3.34. The Balaban J connectivity index is 2.32. The summed E-state index contributed by atoms with van der Waals surface area (Å²) in [6.07, 6.45) is 5.88. The Morgan fingerprint density at radius 1 is 1.62 bits per heavy atom. The van der Waals surface area contributed by atoms with Crippen molar-refractivity contribution in [2.75, 3.05) is 0 Å². The first-order valence-corrected chi connectivity index (χ1v) is 4.59. The highest BCUT2D eigenvalue weighted by Gasteiger charge is 2.24. The Labute approximate surface area is 78.4 Å². The molecule has 0 aliphatic heterocycles. The maximum Gasteiger partial charge on any atom is 0.243 e. The normalized spacial score (nSPS) is 27.4. The van der Waals surface area contributed by atoms with Crippen LogP contribution < -0.4 is 5.32 Å². The number of rotatable bonds is 2. The first-order chi connectivity index (χ1) is 6.26. The van der Waals surface area contributed by atoms with Gasteiger partial charge in [-0.1, -0.05) is 6.08 Å². The minimum atomic E-state index is -0.0499. The van der Waals surface area contributed by atoms with E-state index in [1.54, 1.807) is 6.08 Å². The van der Waals surface area contributed by atoms with Gasteiger partial charge in [-0.05, 0) is 32.3 Å². The molecule has 0 bridgehead atoms. The fourth-order valence-corrected chi connectivity index (χ4v) is 1.63. The largest absolute Gasteiger partial charge is 0.350 e. The molecule has 0 aromatic heterocycles. The van der Waals surface area contributed by atoms with Crippen molar-refractivity contribution in [3.8, 4) is 6.07 Å². The number of hydrogen-bond donors (Lipinski definition) is 1. The predicted molar refractivity (Wildman–Crippen MR) is 49.7 cm³/mol. The molecule has 1 amide bonds. The molecule has 2 unspecified atom stereocenters. The summed E-state index contributed by atoms with van der Waals surface area (Å²) in [7, 11) is 0. The highest BCUT2D eigenvalue weighted by molar-refractivity contribution is 5.87. The van der Waals surface area contributed by atoms with Crippen LogP contribution in [0.5, 0.6) is 0 Å². The first kappa shape index (κ1) is 9.79. The highest BCUT2D eigenvalue weighted by Crippen LogP contribution is 2.24. The Hall–Kier alpha value is -1.30. The fraction of sp³-hybridized carbons (Fsp3) is 0.600. The Bertz CT molecular complexity index is 252. The molecule has 1 rings (SSSR count). The summed E-state index contributed by atoms with van der Waals surface area (Å²) in [4.78, 5) is 11.1. The molecule has 3 nitrogen and oxygen atoms in total. The van der Waals surface area contributed by atoms with Gasteiger partial charge in [-0.15, -0.1) is 0 Å². The van der Waals surface area contributed by atoms with Crippen LogP contribution >= 0.6 is 0 Å². The number of nitrogens with zero attached hydrogens (tertiary/aromatic N) is 1. The molecule has 2 atom stereocenters. The lowest BCUT2D eigenvalue weighted by Crippen LogP contribution is -2.31. The van der Waals surface area contributed by atoms with E-state index in [0.29, 0.717) is 0 Å². The zero-order valence-electron chi connectivity index (χ0n) is 7.79. The average molecular weight is 178 g/mol. The van der Waals surface area contributed by atoms with E-state index in [1.165, 1.54) is 6.08 Å². The summed E-state index contributed by atoms with van der Waals surface area (Å²) >= 11 is 0. The van der Waals surface area contributed by atoms with Crippen LogP contribution in [0, 0.1) is 17.2 Å². The number of hydrogen-bond acceptors (Lipinski definition) is 2. The average Bonchev–Trinajstić information content (AvgIpc) is 2.52. The highest BCUT2D eigenvalue weighted by atomic mass is 16.1. The molecule has 0 spiro atoms. The van der Waals surface area contributed by atoms with Gasteiger partial charge in [0.1, 0.15) is 0 Å². The van der Waals surface area contributed by atoms with Gasteiger partial charge in [0.2, 0.25) is 5.91 Å². The first-order valence-electron chi connectivity index (χ1n) is 4.59. The van der Waals surface area contributed by atoms with Crippen LogP contribution in [0.3, 0.4) is 0 Å². The van der Waals surface area contributed by atoms with E-state index in [2.05, 4.69) is 11.4 Å². The number of allylic oxidation sites excluding steroid dienone is 1. The summed E-state index contributed by atoms with van der Waals surface area (Å²) in [5.74, 6) is 0.0852. The van der Waals surface area contributed by atoms with E-state index < -0.39 is 0 Å². The Kier molecular flexibility index (Phi) is 3.51. The van der Waals surface area contributed by atoms with Gasteiger partial charge < -0.3 is 5.32 Å². The summed E-state index contributed by atoms with van der Waals surface area (Å²) < 4.78 is 0. The number of nitriles is 1. The number of carbonyl (C=O) groups is 1. The van der Waals surface area contributed by atoms with Crippen LogP contribution in [0.15, 0.2) is 12.2 Å². The zero-order valence-corrected chi connectivity index (χ0v) is 7.79. The molecular formula is C10H14N2O. The molecule has 0 heterocycles. The van der Waals surface area contributed by atoms with E-state index in [4.69, 9.17) is 5.26 Å². The fourth-order valence-electron chi connectivity index (χ4n) is 1.63. The number of nitrogens with one attached hydrogen (secondary N) is 1. The van der Waals surface area contributed by atoms with Crippen molar-refractivity contribution in [1.29, 1.82) is 5.26 Å². The lowest BCUT2D eigenvalue weighted by Gasteiger charge is -2.09. The molecule has 1 fully saturated rings. The van der Waals surface area contributed by atoms with Gasteiger partial charge in [-0.3, -0.25) is 4.79 Å². The van der Waals surface area contributed by atoms with Crippen molar-refractivity contribution < 1.29 is 4.79 Å². The van der Waals surface area contributed by atoms with Gasteiger partial charge in [0.15, 0.2) is 0 Å². The minimum Gasteiger partial charge on any atom is -0.350 e. The predicted octanol–water partition coefficient (Wildman–Crippen LogP) is 1.37. The third-order valence-corrected chi connectivity index (χ3v) is 2.28. The van der Waals surface area contributed by atoms with Gasteiger partial charge in [0.05, 0.1) is 6.07 Å². The lowest BCUT2D eigenvalue weighted by molar-refractivity contribution is -0.117. The maximum absolute atomic E-state index is 11.1. The molecule has 3 heteroatoms. The van der Waals surface area contributed by atoms with Crippen LogP contribution in [-0.4, -0.2) is 11.9 Å². The third kappa shape index (κ3) is 2.90. The topological polar surface area (TPSA) is 52.9 Å². The molecule has 1 aliphatic rings. The van der Waals surface area contributed by atoms with Gasteiger partial charge in [-0.2, -0.15) is 5.26 Å². The van der Waals surface area contributed by atoms with Crippen LogP contribution in [0.1, 0.15) is 26.2 Å².